The van der Waals surface area contributed by atoms with Gasteiger partial charge in [-0.25, -0.2) is 36.8 Å². The van der Waals surface area contributed by atoms with Crippen molar-refractivity contribution in [1.82, 2.24) is 29.4 Å². The smallest absolute Gasteiger partial charge is 0.330 e. The number of benzene rings is 2. The van der Waals surface area contributed by atoms with Gasteiger partial charge in [0.25, 0.3) is 21.5 Å². The minimum atomic E-state index is -4.42. The molecule has 0 aliphatic carbocycles. The zero-order valence-corrected chi connectivity index (χ0v) is 30.6. The second-order valence-electron chi connectivity index (χ2n) is 12.9. The normalized spacial score (nSPS) is 14.0. The van der Waals surface area contributed by atoms with Crippen LogP contribution in [0, 0.1) is 18.6 Å². The highest BCUT2D eigenvalue weighted by Gasteiger charge is 2.26. The lowest BCUT2D eigenvalue weighted by molar-refractivity contribution is -0.139. The van der Waals surface area contributed by atoms with Crippen molar-refractivity contribution in [2.45, 2.75) is 43.0 Å². The van der Waals surface area contributed by atoms with Crippen LogP contribution in [-0.2, 0) is 40.1 Å². The zero-order chi connectivity index (χ0) is 39.6. The molecule has 0 saturated carbocycles. The largest absolute Gasteiger partial charge is 0.480 e. The van der Waals surface area contributed by atoms with Crippen molar-refractivity contribution < 1.29 is 36.6 Å². The molecule has 1 aliphatic heterocycles. The number of carbonyl (C=O) groups excluding carboxylic acids is 1. The predicted molar refractivity (Wildman–Crippen MR) is 195 cm³/mol. The van der Waals surface area contributed by atoms with E-state index in [1.165, 1.54) is 61.3 Å². The van der Waals surface area contributed by atoms with Crippen LogP contribution in [0.15, 0.2) is 81.6 Å². The monoisotopic (exact) mass is 775 g/mol. The number of nitrogens with zero attached hydrogens (tertiary/aromatic N) is 5. The fraction of sp³-hybridized carbons (Fsp3) is 0.270. The summed E-state index contributed by atoms with van der Waals surface area (Å²) in [6.07, 6.45) is 5.88. The number of carboxylic acids is 1. The SMILES string of the molecule is Cc1c(-c2ccc(C[C@H](NC(=O)c3cc(F)c(NS(=O)(=O)c4ccc(-c5cnc(C6CCOCC6)nc5)cc4)cc3F)C(=O)O)nc2)c(=O)n(C)c(=O)n1C. The highest BCUT2D eigenvalue weighted by molar-refractivity contribution is 7.92. The van der Waals surface area contributed by atoms with E-state index in [0.717, 1.165) is 17.4 Å². The molecule has 3 aromatic heterocycles. The highest BCUT2D eigenvalue weighted by Crippen LogP contribution is 2.28. The number of anilines is 1. The Morgan fingerprint density at radius 3 is 2.16 bits per heavy atom. The molecular formula is C37H35F2N7O8S. The lowest BCUT2D eigenvalue weighted by Crippen LogP contribution is -2.42. The summed E-state index contributed by atoms with van der Waals surface area (Å²) in [7, 11) is -1.58. The molecule has 286 valence electrons. The van der Waals surface area contributed by atoms with E-state index in [1.807, 2.05) is 4.72 Å². The molecule has 0 unspecified atom stereocenters. The Morgan fingerprint density at radius 1 is 0.909 bits per heavy atom. The molecule has 0 bridgehead atoms. The summed E-state index contributed by atoms with van der Waals surface area (Å²) in [5.74, 6) is -4.48. The number of pyridine rings is 1. The average Bonchev–Trinajstić information content (AvgIpc) is 3.18. The van der Waals surface area contributed by atoms with Gasteiger partial charge in [-0.05, 0) is 49.6 Å². The van der Waals surface area contributed by atoms with Crippen LogP contribution in [0.4, 0.5) is 14.5 Å². The topological polar surface area (TPSA) is 204 Å². The maximum absolute atomic E-state index is 15.2. The van der Waals surface area contributed by atoms with Gasteiger partial charge in [0.15, 0.2) is 0 Å². The van der Waals surface area contributed by atoms with Crippen molar-refractivity contribution in [3.05, 3.63) is 122 Å². The van der Waals surface area contributed by atoms with Gasteiger partial charge in [0, 0.05) is 86.8 Å². The second-order valence-corrected chi connectivity index (χ2v) is 14.6. The van der Waals surface area contributed by atoms with Crippen LogP contribution in [-0.4, -0.2) is 68.7 Å². The summed E-state index contributed by atoms with van der Waals surface area (Å²) in [5.41, 5.74) is -0.292. The molecule has 3 N–H and O–H groups in total. The molecule has 1 amide bonds. The number of amides is 1. The van der Waals surface area contributed by atoms with Crippen LogP contribution in [0.5, 0.6) is 0 Å². The van der Waals surface area contributed by atoms with E-state index in [9.17, 15) is 32.7 Å². The number of aromatic nitrogens is 5. The van der Waals surface area contributed by atoms with Gasteiger partial charge in [0.2, 0.25) is 0 Å². The van der Waals surface area contributed by atoms with Crippen molar-refractivity contribution in [2.75, 3.05) is 17.9 Å². The summed E-state index contributed by atoms with van der Waals surface area (Å²) in [6, 6.07) is 7.82. The Hall–Kier alpha value is -6.14. The highest BCUT2D eigenvalue weighted by atomic mass is 32.2. The molecule has 0 radical (unpaired) electrons. The Kier molecular flexibility index (Phi) is 11.0. The molecule has 55 heavy (non-hydrogen) atoms. The van der Waals surface area contributed by atoms with Crippen LogP contribution < -0.4 is 21.3 Å². The van der Waals surface area contributed by atoms with Crippen LogP contribution in [0.3, 0.4) is 0 Å². The fourth-order valence-corrected chi connectivity index (χ4v) is 7.16. The lowest BCUT2D eigenvalue weighted by Gasteiger charge is -2.20. The molecule has 0 spiro atoms. The number of aliphatic carboxylic acids is 1. The molecule has 6 rings (SSSR count). The Morgan fingerprint density at radius 2 is 1.55 bits per heavy atom. The van der Waals surface area contributed by atoms with Gasteiger partial charge in [-0.15, -0.1) is 0 Å². The summed E-state index contributed by atoms with van der Waals surface area (Å²) < 4.78 is 66.2. The van der Waals surface area contributed by atoms with Crippen molar-refractivity contribution in [3.63, 3.8) is 0 Å². The van der Waals surface area contributed by atoms with E-state index < -0.39 is 62.1 Å². The number of sulfonamides is 1. The first-order valence-electron chi connectivity index (χ1n) is 16.9. The van der Waals surface area contributed by atoms with E-state index in [-0.39, 0.29) is 28.5 Å². The number of nitrogens with one attached hydrogen (secondary N) is 2. The number of carbonyl (C=O) groups is 2. The number of ether oxygens (including phenoxy) is 1. The van der Waals surface area contributed by atoms with Gasteiger partial charge >= 0.3 is 11.7 Å². The third kappa shape index (κ3) is 8.19. The third-order valence-electron chi connectivity index (χ3n) is 9.39. The molecule has 1 saturated heterocycles. The van der Waals surface area contributed by atoms with Crippen LogP contribution in [0.2, 0.25) is 0 Å². The summed E-state index contributed by atoms with van der Waals surface area (Å²) in [5, 5.41) is 11.9. The van der Waals surface area contributed by atoms with Gasteiger partial charge in [-0.3, -0.25) is 23.9 Å². The number of halogens is 2. The first-order chi connectivity index (χ1) is 26.1. The summed E-state index contributed by atoms with van der Waals surface area (Å²) in [6.45, 7) is 2.89. The van der Waals surface area contributed by atoms with Crippen molar-refractivity contribution >= 4 is 27.6 Å². The Labute approximate surface area is 312 Å². The average molecular weight is 776 g/mol. The lowest BCUT2D eigenvalue weighted by atomic mass is 9.99. The van der Waals surface area contributed by atoms with Crippen molar-refractivity contribution in [2.24, 2.45) is 14.1 Å². The Bertz CT molecular complexity index is 2500. The fourth-order valence-electron chi connectivity index (χ4n) is 6.10. The quantitative estimate of drug-likeness (QED) is 0.178. The second kappa shape index (κ2) is 15.7. The van der Waals surface area contributed by atoms with Crippen molar-refractivity contribution in [3.8, 4) is 22.3 Å². The van der Waals surface area contributed by atoms with Gasteiger partial charge in [0.05, 0.1) is 21.7 Å². The minimum absolute atomic E-state index is 0.178. The molecule has 4 heterocycles. The zero-order valence-electron chi connectivity index (χ0n) is 29.7. The van der Waals surface area contributed by atoms with E-state index in [0.29, 0.717) is 53.6 Å². The molecule has 2 aromatic carbocycles. The van der Waals surface area contributed by atoms with Gasteiger partial charge in [-0.2, -0.15) is 0 Å². The third-order valence-corrected chi connectivity index (χ3v) is 10.8. The molecule has 1 atom stereocenters. The first-order valence-corrected chi connectivity index (χ1v) is 18.4. The molecule has 15 nitrogen and oxygen atoms in total. The first kappa shape index (κ1) is 38.6. The van der Waals surface area contributed by atoms with E-state index >= 15 is 8.78 Å². The molecule has 1 aliphatic rings. The minimum Gasteiger partial charge on any atom is -0.480 e. The van der Waals surface area contributed by atoms with Crippen LogP contribution >= 0.6 is 0 Å². The van der Waals surface area contributed by atoms with Gasteiger partial charge in [0.1, 0.15) is 23.5 Å². The van der Waals surface area contributed by atoms with Gasteiger partial charge in [-0.1, -0.05) is 18.2 Å². The molecule has 18 heteroatoms. The molecule has 5 aromatic rings. The van der Waals surface area contributed by atoms with E-state index in [4.69, 9.17) is 4.74 Å². The maximum Gasteiger partial charge on any atom is 0.330 e. The predicted octanol–water partition coefficient (Wildman–Crippen LogP) is 3.31. The standard InChI is InChI=1S/C37H35F2N7O8S/c1-20-32(35(48)46(3)37(51)45(20)2)23-4-7-25(40-17-23)14-31(36(49)50)43-34(47)27-15-29(39)30(16-28(27)38)44-55(52,53)26-8-5-21(6-9-26)24-18-41-33(42-19-24)22-10-12-54-13-11-22/h4-9,15-19,22,31,44H,10-14H2,1-3H3,(H,43,47)(H,49,50)/t31-/m0/s1. The van der Waals surface area contributed by atoms with Crippen LogP contribution in [0.1, 0.15) is 46.3 Å². The number of hydrogen-bond donors (Lipinski definition) is 3. The number of carboxylic acid groups (broad SMARTS) is 1. The molecule has 1 fully saturated rings. The van der Waals surface area contributed by atoms with E-state index in [1.54, 1.807) is 19.3 Å². The van der Waals surface area contributed by atoms with Crippen molar-refractivity contribution in [1.29, 1.82) is 0 Å². The van der Waals surface area contributed by atoms with Gasteiger partial charge < -0.3 is 19.7 Å². The number of rotatable bonds is 11. The Balaban J connectivity index is 1.12. The molecular weight excluding hydrogens is 741 g/mol. The van der Waals surface area contributed by atoms with E-state index in [2.05, 4.69) is 20.3 Å². The van der Waals surface area contributed by atoms with Crippen LogP contribution in [0.25, 0.3) is 22.3 Å². The summed E-state index contributed by atoms with van der Waals surface area (Å²) >= 11 is 0. The summed E-state index contributed by atoms with van der Waals surface area (Å²) in [4.78, 5) is 62.9. The maximum atomic E-state index is 15.2. The number of hydrogen-bond acceptors (Lipinski definition) is 10.